The maximum atomic E-state index is 12.0. The smallest absolute Gasteiger partial charge is 0.161 e. The van der Waals surface area contributed by atoms with E-state index in [2.05, 4.69) is 0 Å². The van der Waals surface area contributed by atoms with Gasteiger partial charge in [0.2, 0.25) is 0 Å². The van der Waals surface area contributed by atoms with Crippen molar-refractivity contribution in [3.05, 3.63) is 11.6 Å². The summed E-state index contributed by atoms with van der Waals surface area (Å²) in [7, 11) is 0. The molecular formula is C12H19IO4. The maximum absolute atomic E-state index is 12.0. The maximum Gasteiger partial charge on any atom is 0.161 e. The van der Waals surface area contributed by atoms with Crippen LogP contribution in [0.5, 0.6) is 0 Å². The van der Waals surface area contributed by atoms with Gasteiger partial charge in [0.15, 0.2) is 5.78 Å². The van der Waals surface area contributed by atoms with Crippen LogP contribution in [0.1, 0.15) is 33.1 Å². The SMILES string of the molecule is CCCC(C)C(=O)C1=CC(O)C(OI)C(O)C1. The van der Waals surface area contributed by atoms with Crippen LogP contribution in [0.4, 0.5) is 0 Å². The molecule has 0 aliphatic heterocycles. The van der Waals surface area contributed by atoms with Crippen molar-refractivity contribution in [1.29, 1.82) is 0 Å². The van der Waals surface area contributed by atoms with E-state index in [1.165, 1.54) is 6.08 Å². The zero-order valence-electron chi connectivity index (χ0n) is 10.1. The van der Waals surface area contributed by atoms with Crippen LogP contribution < -0.4 is 0 Å². The van der Waals surface area contributed by atoms with Crippen molar-refractivity contribution >= 4 is 28.8 Å². The lowest BCUT2D eigenvalue weighted by atomic mass is 9.85. The molecule has 1 rings (SSSR count). The number of rotatable bonds is 5. The lowest BCUT2D eigenvalue weighted by molar-refractivity contribution is -0.120. The summed E-state index contributed by atoms with van der Waals surface area (Å²) < 4.78 is 4.97. The number of aliphatic hydroxyl groups is 2. The van der Waals surface area contributed by atoms with Crippen LogP contribution in [0.25, 0.3) is 0 Å². The van der Waals surface area contributed by atoms with Gasteiger partial charge in [-0.15, -0.1) is 0 Å². The van der Waals surface area contributed by atoms with Crippen LogP contribution in [-0.2, 0) is 7.86 Å². The van der Waals surface area contributed by atoms with Gasteiger partial charge in [-0.3, -0.25) is 4.79 Å². The van der Waals surface area contributed by atoms with E-state index >= 15 is 0 Å². The van der Waals surface area contributed by atoms with Crippen molar-refractivity contribution in [2.75, 3.05) is 0 Å². The Bertz CT molecular complexity index is 303. The van der Waals surface area contributed by atoms with Gasteiger partial charge in [-0.25, -0.2) is 0 Å². The molecule has 4 nitrogen and oxygen atoms in total. The van der Waals surface area contributed by atoms with Gasteiger partial charge in [-0.05, 0) is 18.1 Å². The van der Waals surface area contributed by atoms with Crippen molar-refractivity contribution in [3.8, 4) is 0 Å². The molecule has 0 aromatic rings. The van der Waals surface area contributed by atoms with Crippen LogP contribution in [0, 0.1) is 5.92 Å². The number of carbonyl (C=O) groups excluding carboxylic acids is 1. The molecule has 17 heavy (non-hydrogen) atoms. The Morgan fingerprint density at radius 1 is 1.65 bits per heavy atom. The summed E-state index contributed by atoms with van der Waals surface area (Å²) in [5.74, 6) is -0.0282. The largest absolute Gasteiger partial charge is 0.390 e. The first kappa shape index (κ1) is 15.1. The molecule has 98 valence electrons. The predicted molar refractivity (Wildman–Crippen MR) is 72.7 cm³/mol. The molecule has 0 aromatic carbocycles. The molecule has 0 saturated heterocycles. The predicted octanol–water partition coefficient (Wildman–Crippen LogP) is 1.78. The van der Waals surface area contributed by atoms with E-state index in [0.29, 0.717) is 5.57 Å². The summed E-state index contributed by atoms with van der Waals surface area (Å²) in [6.07, 6.45) is 1.18. The average molecular weight is 354 g/mol. The first-order valence-corrected chi connectivity index (χ1v) is 6.77. The molecule has 0 aromatic heterocycles. The molecule has 0 radical (unpaired) electrons. The molecular weight excluding hydrogens is 335 g/mol. The number of hydrogen-bond donors (Lipinski definition) is 2. The molecule has 0 heterocycles. The zero-order valence-corrected chi connectivity index (χ0v) is 12.3. The monoisotopic (exact) mass is 354 g/mol. The average Bonchev–Trinajstić information content (AvgIpc) is 2.27. The van der Waals surface area contributed by atoms with E-state index < -0.39 is 18.3 Å². The van der Waals surface area contributed by atoms with Crippen LogP contribution >= 0.6 is 23.0 Å². The van der Waals surface area contributed by atoms with E-state index in [1.807, 2.05) is 13.8 Å². The number of halogens is 1. The van der Waals surface area contributed by atoms with Crippen molar-refractivity contribution < 1.29 is 18.1 Å². The van der Waals surface area contributed by atoms with E-state index in [1.54, 1.807) is 23.0 Å². The summed E-state index contributed by atoms with van der Waals surface area (Å²) in [5.41, 5.74) is 0.524. The third-order valence-corrected chi connectivity index (χ3v) is 3.69. The fourth-order valence-corrected chi connectivity index (χ4v) is 2.75. The highest BCUT2D eigenvalue weighted by atomic mass is 127. The van der Waals surface area contributed by atoms with E-state index in [4.69, 9.17) is 3.07 Å². The van der Waals surface area contributed by atoms with Crippen LogP contribution in [0.2, 0.25) is 0 Å². The zero-order chi connectivity index (χ0) is 13.0. The number of Topliss-reactive ketones (excluding diaryl/α,β-unsaturated/α-hetero) is 1. The molecule has 1 aliphatic carbocycles. The van der Waals surface area contributed by atoms with Gasteiger partial charge in [0.1, 0.15) is 35.2 Å². The normalized spacial score (nSPS) is 30.9. The van der Waals surface area contributed by atoms with E-state index in [9.17, 15) is 15.0 Å². The van der Waals surface area contributed by atoms with Gasteiger partial charge in [-0.1, -0.05) is 20.3 Å². The van der Waals surface area contributed by atoms with Crippen molar-refractivity contribution in [2.24, 2.45) is 5.92 Å². The Balaban J connectivity index is 2.76. The standard InChI is InChI=1S/C12H19IO4/c1-3-4-7(2)11(16)8-5-9(14)12(17-13)10(15)6-8/h5,7,9-10,12,14-15H,3-4,6H2,1-2H3. The van der Waals surface area contributed by atoms with Gasteiger partial charge in [0.05, 0.1) is 6.10 Å². The Labute approximate surface area is 116 Å². The Kier molecular flexibility index (Phi) is 6.05. The lowest BCUT2D eigenvalue weighted by Crippen LogP contribution is -2.41. The summed E-state index contributed by atoms with van der Waals surface area (Å²) in [4.78, 5) is 12.0. The second kappa shape index (κ2) is 6.82. The van der Waals surface area contributed by atoms with Crippen LogP contribution in [0.15, 0.2) is 11.6 Å². The summed E-state index contributed by atoms with van der Waals surface area (Å²) >= 11 is 1.65. The van der Waals surface area contributed by atoms with Gasteiger partial charge < -0.3 is 13.3 Å². The van der Waals surface area contributed by atoms with Gasteiger partial charge in [0, 0.05) is 12.3 Å². The molecule has 5 heteroatoms. The van der Waals surface area contributed by atoms with Crippen LogP contribution in [0.3, 0.4) is 0 Å². The Hall–Kier alpha value is 0.0200. The second-order valence-electron chi connectivity index (χ2n) is 4.56. The van der Waals surface area contributed by atoms with Gasteiger partial charge in [0.25, 0.3) is 0 Å². The van der Waals surface area contributed by atoms with E-state index in [0.717, 1.165) is 12.8 Å². The van der Waals surface area contributed by atoms with Crippen LogP contribution in [-0.4, -0.2) is 34.3 Å². The highest BCUT2D eigenvalue weighted by Gasteiger charge is 2.34. The molecule has 1 aliphatic rings. The first-order valence-electron chi connectivity index (χ1n) is 5.89. The molecule has 2 N–H and O–H groups in total. The third kappa shape index (κ3) is 3.74. The van der Waals surface area contributed by atoms with E-state index in [-0.39, 0.29) is 18.1 Å². The molecule has 0 fully saturated rings. The highest BCUT2D eigenvalue weighted by Crippen LogP contribution is 2.26. The minimum Gasteiger partial charge on any atom is -0.390 e. The molecule has 0 amide bonds. The number of hydrogen-bond acceptors (Lipinski definition) is 4. The highest BCUT2D eigenvalue weighted by molar-refractivity contribution is 14.1. The molecule has 0 bridgehead atoms. The van der Waals surface area contributed by atoms with Crippen molar-refractivity contribution in [2.45, 2.75) is 51.4 Å². The Morgan fingerprint density at radius 3 is 2.76 bits per heavy atom. The molecule has 4 unspecified atom stereocenters. The topological polar surface area (TPSA) is 66.8 Å². The summed E-state index contributed by atoms with van der Waals surface area (Å²) in [5, 5.41) is 19.5. The first-order chi connectivity index (χ1) is 8.01. The lowest BCUT2D eigenvalue weighted by Gasteiger charge is -2.29. The number of carbonyl (C=O) groups is 1. The second-order valence-corrected chi connectivity index (χ2v) is 5.07. The molecule has 4 atom stereocenters. The fourth-order valence-electron chi connectivity index (χ4n) is 2.11. The fraction of sp³-hybridized carbons (Fsp3) is 0.750. The summed E-state index contributed by atoms with van der Waals surface area (Å²) in [6, 6.07) is 0. The minimum atomic E-state index is -0.913. The van der Waals surface area contributed by atoms with Crippen molar-refractivity contribution in [3.63, 3.8) is 0 Å². The molecule has 0 saturated carbocycles. The minimum absolute atomic E-state index is 0.0249. The number of aliphatic hydroxyl groups excluding tert-OH is 2. The Morgan fingerprint density at radius 2 is 2.29 bits per heavy atom. The third-order valence-electron chi connectivity index (χ3n) is 3.11. The number of ketones is 1. The molecule has 0 spiro atoms. The quantitative estimate of drug-likeness (QED) is 0.739. The van der Waals surface area contributed by atoms with Gasteiger partial charge >= 0.3 is 0 Å². The van der Waals surface area contributed by atoms with Crippen molar-refractivity contribution in [1.82, 2.24) is 0 Å². The van der Waals surface area contributed by atoms with Gasteiger partial charge in [-0.2, -0.15) is 0 Å². The summed E-state index contributed by atoms with van der Waals surface area (Å²) in [6.45, 7) is 3.91.